The lowest BCUT2D eigenvalue weighted by Gasteiger charge is -2.17. The Morgan fingerprint density at radius 2 is 1.78 bits per heavy atom. The van der Waals surface area contributed by atoms with Crippen LogP contribution in [0.3, 0.4) is 0 Å². The monoisotopic (exact) mass is 452 g/mol. The lowest BCUT2D eigenvalue weighted by atomic mass is 10.2. The highest BCUT2D eigenvalue weighted by Gasteiger charge is 2.25. The minimum atomic E-state index is -0.303. The van der Waals surface area contributed by atoms with Crippen molar-refractivity contribution in [3.63, 3.8) is 0 Å². The summed E-state index contributed by atoms with van der Waals surface area (Å²) in [5.41, 5.74) is 1.77. The van der Waals surface area contributed by atoms with Crippen LogP contribution in [0.5, 0.6) is 11.5 Å². The Morgan fingerprint density at radius 1 is 1.06 bits per heavy atom. The molecule has 1 unspecified atom stereocenters. The van der Waals surface area contributed by atoms with Gasteiger partial charge in [0.15, 0.2) is 22.5 Å². The molecule has 1 heterocycles. The van der Waals surface area contributed by atoms with Gasteiger partial charge in [0, 0.05) is 17.7 Å². The Kier molecular flexibility index (Phi) is 6.99. The summed E-state index contributed by atoms with van der Waals surface area (Å²) in [5, 5.41) is 12.4. The fraction of sp³-hybridized carbons (Fsp3) is 0.375. The zero-order valence-corrected chi connectivity index (χ0v) is 19.4. The summed E-state index contributed by atoms with van der Waals surface area (Å²) in [6.07, 6.45) is 4.48. The number of methoxy groups -OCH3 is 2. The van der Waals surface area contributed by atoms with Crippen molar-refractivity contribution >= 4 is 17.7 Å². The molecule has 32 heavy (non-hydrogen) atoms. The summed E-state index contributed by atoms with van der Waals surface area (Å²) in [7, 11) is 3.22. The van der Waals surface area contributed by atoms with Gasteiger partial charge in [0.2, 0.25) is 5.91 Å². The van der Waals surface area contributed by atoms with Crippen molar-refractivity contribution in [3.05, 3.63) is 48.5 Å². The maximum atomic E-state index is 12.8. The van der Waals surface area contributed by atoms with Gasteiger partial charge in [0.25, 0.3) is 0 Å². The molecule has 3 aromatic rings. The van der Waals surface area contributed by atoms with E-state index >= 15 is 0 Å². The van der Waals surface area contributed by atoms with E-state index in [-0.39, 0.29) is 17.2 Å². The van der Waals surface area contributed by atoms with Gasteiger partial charge in [-0.15, -0.1) is 10.2 Å². The zero-order valence-electron chi connectivity index (χ0n) is 18.6. The molecule has 7 nitrogen and oxygen atoms in total. The second kappa shape index (κ2) is 10.1. The summed E-state index contributed by atoms with van der Waals surface area (Å²) >= 11 is 1.40. The van der Waals surface area contributed by atoms with Gasteiger partial charge in [0.1, 0.15) is 0 Å². The Bertz CT molecular complexity index is 1060. The van der Waals surface area contributed by atoms with E-state index in [2.05, 4.69) is 15.5 Å². The number of thioether (sulfide) groups is 1. The van der Waals surface area contributed by atoms with Crippen LogP contribution in [0.1, 0.15) is 32.6 Å². The molecule has 1 aliphatic carbocycles. The third-order valence-electron chi connectivity index (χ3n) is 5.64. The van der Waals surface area contributed by atoms with Crippen LogP contribution in [0.2, 0.25) is 0 Å². The van der Waals surface area contributed by atoms with E-state index in [1.807, 2.05) is 60.0 Å². The van der Waals surface area contributed by atoms with Crippen molar-refractivity contribution in [3.8, 4) is 28.6 Å². The number of rotatable bonds is 8. The van der Waals surface area contributed by atoms with Crippen molar-refractivity contribution < 1.29 is 14.3 Å². The minimum Gasteiger partial charge on any atom is -0.493 e. The Balaban J connectivity index is 1.68. The van der Waals surface area contributed by atoms with Crippen molar-refractivity contribution in [1.29, 1.82) is 0 Å². The first-order valence-corrected chi connectivity index (χ1v) is 11.7. The van der Waals surface area contributed by atoms with Crippen LogP contribution in [0, 0.1) is 0 Å². The predicted molar refractivity (Wildman–Crippen MR) is 126 cm³/mol. The molecular formula is C24H28N4O3S. The number of ether oxygens (including phenoxy) is 2. The third kappa shape index (κ3) is 4.75. The Labute approximate surface area is 192 Å². The molecule has 1 atom stereocenters. The average Bonchev–Trinajstić information content (AvgIpc) is 3.49. The van der Waals surface area contributed by atoms with Crippen LogP contribution in [-0.4, -0.2) is 46.2 Å². The van der Waals surface area contributed by atoms with Crippen LogP contribution >= 0.6 is 11.8 Å². The molecule has 1 N–H and O–H groups in total. The second-order valence-electron chi connectivity index (χ2n) is 7.80. The van der Waals surface area contributed by atoms with Gasteiger partial charge in [-0.2, -0.15) is 0 Å². The summed E-state index contributed by atoms with van der Waals surface area (Å²) in [5.74, 6) is 1.98. The Morgan fingerprint density at radius 3 is 2.47 bits per heavy atom. The summed E-state index contributed by atoms with van der Waals surface area (Å²) < 4.78 is 12.9. The van der Waals surface area contributed by atoms with E-state index in [1.165, 1.54) is 24.6 Å². The fourth-order valence-corrected chi connectivity index (χ4v) is 4.79. The predicted octanol–water partition coefficient (Wildman–Crippen LogP) is 4.49. The van der Waals surface area contributed by atoms with Crippen LogP contribution in [0.4, 0.5) is 0 Å². The first-order chi connectivity index (χ1) is 15.6. The van der Waals surface area contributed by atoms with E-state index in [1.54, 1.807) is 14.2 Å². The first kappa shape index (κ1) is 22.2. The lowest BCUT2D eigenvalue weighted by molar-refractivity contribution is -0.120. The number of aromatic nitrogens is 3. The van der Waals surface area contributed by atoms with E-state index in [0.717, 1.165) is 24.1 Å². The van der Waals surface area contributed by atoms with Crippen LogP contribution in [0.25, 0.3) is 17.1 Å². The molecule has 168 valence electrons. The highest BCUT2D eigenvalue weighted by atomic mass is 32.2. The molecule has 1 aliphatic rings. The molecule has 1 amide bonds. The number of carbonyl (C=O) groups is 1. The van der Waals surface area contributed by atoms with Gasteiger partial charge in [-0.3, -0.25) is 9.36 Å². The van der Waals surface area contributed by atoms with Crippen molar-refractivity contribution in [2.75, 3.05) is 14.2 Å². The molecule has 1 saturated carbocycles. The molecule has 2 aromatic carbocycles. The number of amides is 1. The number of hydrogen-bond donors (Lipinski definition) is 1. The topological polar surface area (TPSA) is 78.3 Å². The number of carbonyl (C=O) groups excluding carboxylic acids is 1. The maximum absolute atomic E-state index is 12.8. The maximum Gasteiger partial charge on any atom is 0.233 e. The molecule has 4 rings (SSSR count). The van der Waals surface area contributed by atoms with Gasteiger partial charge in [-0.1, -0.05) is 54.9 Å². The van der Waals surface area contributed by atoms with Gasteiger partial charge >= 0.3 is 0 Å². The van der Waals surface area contributed by atoms with Crippen LogP contribution < -0.4 is 14.8 Å². The molecule has 0 aliphatic heterocycles. The van der Waals surface area contributed by atoms with E-state index in [0.29, 0.717) is 22.5 Å². The lowest BCUT2D eigenvalue weighted by Crippen LogP contribution is -2.37. The fourth-order valence-electron chi connectivity index (χ4n) is 3.92. The Hall–Kier alpha value is -3.00. The van der Waals surface area contributed by atoms with Gasteiger partial charge in [-0.05, 0) is 31.9 Å². The van der Waals surface area contributed by atoms with Gasteiger partial charge < -0.3 is 14.8 Å². The molecule has 0 bridgehead atoms. The summed E-state index contributed by atoms with van der Waals surface area (Å²) in [6, 6.07) is 15.8. The van der Waals surface area contributed by atoms with E-state index in [4.69, 9.17) is 9.47 Å². The summed E-state index contributed by atoms with van der Waals surface area (Å²) in [4.78, 5) is 12.8. The molecule has 0 spiro atoms. The highest BCUT2D eigenvalue weighted by molar-refractivity contribution is 8.00. The average molecular weight is 453 g/mol. The van der Waals surface area contributed by atoms with Crippen LogP contribution in [0.15, 0.2) is 53.7 Å². The van der Waals surface area contributed by atoms with Crippen LogP contribution in [-0.2, 0) is 4.79 Å². The molecule has 1 aromatic heterocycles. The first-order valence-electron chi connectivity index (χ1n) is 10.8. The quantitative estimate of drug-likeness (QED) is 0.508. The molecule has 0 saturated heterocycles. The molecular weight excluding hydrogens is 424 g/mol. The molecule has 1 fully saturated rings. The van der Waals surface area contributed by atoms with Gasteiger partial charge in [-0.25, -0.2) is 0 Å². The van der Waals surface area contributed by atoms with Crippen molar-refractivity contribution in [2.24, 2.45) is 0 Å². The summed E-state index contributed by atoms with van der Waals surface area (Å²) in [6.45, 7) is 1.91. The smallest absolute Gasteiger partial charge is 0.233 e. The highest BCUT2D eigenvalue weighted by Crippen LogP contribution is 2.34. The second-order valence-corrected chi connectivity index (χ2v) is 9.10. The zero-order chi connectivity index (χ0) is 22.5. The SMILES string of the molecule is COc1ccc(-n2c(SC(C)C(=O)NC3CCCC3)nnc2-c2ccccc2)cc1OC. The largest absolute Gasteiger partial charge is 0.493 e. The third-order valence-corrected chi connectivity index (χ3v) is 6.69. The minimum absolute atomic E-state index is 0.0324. The number of nitrogens with zero attached hydrogens (tertiary/aromatic N) is 3. The number of nitrogens with one attached hydrogen (secondary N) is 1. The van der Waals surface area contributed by atoms with Crippen molar-refractivity contribution in [1.82, 2.24) is 20.1 Å². The number of benzene rings is 2. The number of hydrogen-bond acceptors (Lipinski definition) is 6. The van der Waals surface area contributed by atoms with E-state index < -0.39 is 0 Å². The standard InChI is InChI=1S/C24H28N4O3S/c1-16(23(29)25-18-11-7-8-12-18)32-24-27-26-22(17-9-5-4-6-10-17)28(24)19-13-14-20(30-2)21(15-19)31-3/h4-6,9-10,13-16,18H,7-8,11-12H2,1-3H3,(H,25,29). The molecule has 8 heteroatoms. The van der Waals surface area contributed by atoms with Gasteiger partial charge in [0.05, 0.1) is 25.2 Å². The molecule has 0 radical (unpaired) electrons. The van der Waals surface area contributed by atoms with Crippen molar-refractivity contribution in [2.45, 2.75) is 49.1 Å². The normalized spacial score (nSPS) is 14.8. The van der Waals surface area contributed by atoms with E-state index in [9.17, 15) is 4.79 Å².